The number of para-hydroxylation sites is 1. The number of benzene rings is 2. The first kappa shape index (κ1) is 19.5. The van der Waals surface area contributed by atoms with Crippen LogP contribution < -0.4 is 9.03 Å². The molecule has 144 valence electrons. The summed E-state index contributed by atoms with van der Waals surface area (Å²) in [6.45, 7) is 1.52. The fraction of sp³-hybridized carbons (Fsp3) is 0.278. The van der Waals surface area contributed by atoms with Crippen LogP contribution in [-0.2, 0) is 26.5 Å². The number of hydrogen-bond donors (Lipinski definition) is 1. The summed E-state index contributed by atoms with van der Waals surface area (Å²) in [5.74, 6) is -0.504. The Bertz CT molecular complexity index is 1060. The van der Waals surface area contributed by atoms with Gasteiger partial charge in [0.1, 0.15) is 0 Å². The molecule has 1 N–H and O–H groups in total. The first-order valence-electron chi connectivity index (χ1n) is 8.40. The van der Waals surface area contributed by atoms with Crippen LogP contribution in [0.25, 0.3) is 0 Å². The van der Waals surface area contributed by atoms with E-state index in [1.54, 1.807) is 12.1 Å². The number of nitrogens with zero attached hydrogens (tertiary/aromatic N) is 1. The molecule has 27 heavy (non-hydrogen) atoms. The monoisotopic (exact) mass is 408 g/mol. The first-order chi connectivity index (χ1) is 12.7. The van der Waals surface area contributed by atoms with E-state index >= 15 is 0 Å². The fourth-order valence-corrected chi connectivity index (χ4v) is 5.55. The first-order valence-corrected chi connectivity index (χ1v) is 11.5. The lowest BCUT2D eigenvalue weighted by atomic mass is 10.2. The van der Waals surface area contributed by atoms with Crippen molar-refractivity contribution >= 4 is 31.5 Å². The number of carbonyl (C=O) groups is 1. The summed E-state index contributed by atoms with van der Waals surface area (Å²) in [6, 6.07) is 12.8. The zero-order valence-electron chi connectivity index (χ0n) is 14.8. The molecule has 0 amide bonds. The Morgan fingerprint density at radius 1 is 1.04 bits per heavy atom. The Hall–Kier alpha value is -2.23. The lowest BCUT2D eigenvalue weighted by molar-refractivity contribution is 0.101. The number of anilines is 1. The van der Waals surface area contributed by atoms with Crippen LogP contribution in [0.15, 0.2) is 53.4 Å². The van der Waals surface area contributed by atoms with Crippen LogP contribution in [0.1, 0.15) is 22.8 Å². The number of carbonyl (C=O) groups excluding carboxylic acids is 1. The maximum Gasteiger partial charge on any atom is 0.240 e. The molecule has 2 aromatic rings. The molecule has 7 nitrogen and oxygen atoms in total. The molecule has 0 atom stereocenters. The smallest absolute Gasteiger partial charge is 0.240 e. The van der Waals surface area contributed by atoms with Crippen molar-refractivity contribution < 1.29 is 21.6 Å². The molecule has 3 rings (SSSR count). The van der Waals surface area contributed by atoms with E-state index in [0.717, 1.165) is 5.56 Å². The van der Waals surface area contributed by atoms with Gasteiger partial charge in [0.2, 0.25) is 20.0 Å². The van der Waals surface area contributed by atoms with Gasteiger partial charge in [0.15, 0.2) is 5.78 Å². The van der Waals surface area contributed by atoms with Crippen LogP contribution in [0.2, 0.25) is 0 Å². The van der Waals surface area contributed by atoms with Gasteiger partial charge in [-0.2, -0.15) is 0 Å². The number of fused-ring (bicyclic) bond motifs is 1. The van der Waals surface area contributed by atoms with Gasteiger partial charge >= 0.3 is 0 Å². The Morgan fingerprint density at radius 3 is 2.37 bits per heavy atom. The molecular formula is C18H20N2O5S2. The Kier molecular flexibility index (Phi) is 5.36. The molecular weight excluding hydrogens is 388 g/mol. The number of sulfonamides is 2. The van der Waals surface area contributed by atoms with Gasteiger partial charge in [-0.1, -0.05) is 30.3 Å². The molecule has 0 saturated heterocycles. The van der Waals surface area contributed by atoms with E-state index in [1.807, 2.05) is 12.1 Å². The maximum absolute atomic E-state index is 12.6. The van der Waals surface area contributed by atoms with E-state index in [0.29, 0.717) is 24.2 Å². The van der Waals surface area contributed by atoms with Gasteiger partial charge in [0, 0.05) is 18.7 Å². The molecule has 9 heteroatoms. The van der Waals surface area contributed by atoms with Crippen molar-refractivity contribution in [2.45, 2.75) is 18.2 Å². The summed E-state index contributed by atoms with van der Waals surface area (Å²) in [5, 5.41) is 0. The van der Waals surface area contributed by atoms with Gasteiger partial charge in [-0.25, -0.2) is 21.6 Å². The molecule has 0 aromatic heterocycles. The van der Waals surface area contributed by atoms with E-state index in [2.05, 4.69) is 4.72 Å². The van der Waals surface area contributed by atoms with E-state index in [9.17, 15) is 21.6 Å². The highest BCUT2D eigenvalue weighted by Crippen LogP contribution is 2.29. The average molecular weight is 409 g/mol. The van der Waals surface area contributed by atoms with Crippen LogP contribution in [0.3, 0.4) is 0 Å². The molecule has 0 fully saturated rings. The number of Topliss-reactive ketones (excluding diaryl/α,β-unsaturated/α-hetero) is 1. The van der Waals surface area contributed by atoms with Crippen LogP contribution >= 0.6 is 0 Å². The second kappa shape index (κ2) is 7.41. The topological polar surface area (TPSA) is 101 Å². The van der Waals surface area contributed by atoms with Gasteiger partial charge in [-0.3, -0.25) is 9.10 Å². The van der Waals surface area contributed by atoms with Crippen LogP contribution in [-0.4, -0.2) is 41.5 Å². The van der Waals surface area contributed by atoms with Crippen molar-refractivity contribution in [1.82, 2.24) is 4.72 Å². The van der Waals surface area contributed by atoms with Gasteiger partial charge in [0.05, 0.1) is 16.3 Å². The van der Waals surface area contributed by atoms with Gasteiger partial charge < -0.3 is 0 Å². The van der Waals surface area contributed by atoms with Gasteiger partial charge in [-0.05, 0) is 37.1 Å². The minimum absolute atomic E-state index is 0.0172. The second-order valence-electron chi connectivity index (χ2n) is 6.25. The predicted molar refractivity (Wildman–Crippen MR) is 103 cm³/mol. The maximum atomic E-state index is 12.6. The molecule has 0 saturated carbocycles. The Balaban J connectivity index is 1.66. The van der Waals surface area contributed by atoms with Crippen LogP contribution in [0.5, 0.6) is 0 Å². The molecule has 0 bridgehead atoms. The second-order valence-corrected chi connectivity index (χ2v) is 10.0. The lowest BCUT2D eigenvalue weighted by Gasteiger charge is -2.19. The minimum Gasteiger partial charge on any atom is -0.295 e. The highest BCUT2D eigenvalue weighted by Gasteiger charge is 2.29. The highest BCUT2D eigenvalue weighted by atomic mass is 32.2. The number of nitrogens with one attached hydrogen (secondary N) is 1. The molecule has 0 radical (unpaired) electrons. The van der Waals surface area contributed by atoms with E-state index in [-0.39, 0.29) is 23.0 Å². The van der Waals surface area contributed by atoms with Gasteiger partial charge in [0.25, 0.3) is 0 Å². The summed E-state index contributed by atoms with van der Waals surface area (Å²) in [6.07, 6.45) is 0.642. The Morgan fingerprint density at radius 2 is 1.70 bits per heavy atom. The van der Waals surface area contributed by atoms with Crippen molar-refractivity contribution in [2.24, 2.45) is 0 Å². The van der Waals surface area contributed by atoms with Crippen molar-refractivity contribution in [3.8, 4) is 0 Å². The normalized spacial score (nSPS) is 14.2. The van der Waals surface area contributed by atoms with E-state index in [4.69, 9.17) is 0 Å². The van der Waals surface area contributed by atoms with Crippen molar-refractivity contribution in [3.63, 3.8) is 0 Å². The summed E-state index contributed by atoms with van der Waals surface area (Å²) < 4.78 is 53.5. The molecule has 1 aliphatic rings. The van der Waals surface area contributed by atoms with E-state index < -0.39 is 20.0 Å². The Labute approximate surface area is 159 Å². The van der Waals surface area contributed by atoms with Crippen molar-refractivity contribution in [1.29, 1.82) is 0 Å². The summed E-state index contributed by atoms with van der Waals surface area (Å²) in [4.78, 5) is 11.2. The minimum atomic E-state index is -3.85. The summed E-state index contributed by atoms with van der Waals surface area (Å²) in [7, 11) is -7.49. The molecule has 0 aliphatic carbocycles. The van der Waals surface area contributed by atoms with Gasteiger partial charge in [-0.15, -0.1) is 0 Å². The zero-order chi connectivity index (χ0) is 19.7. The quantitative estimate of drug-likeness (QED) is 0.701. The molecule has 1 heterocycles. The predicted octanol–water partition coefficient (Wildman–Crippen LogP) is 1.56. The number of hydrogen-bond acceptors (Lipinski definition) is 5. The van der Waals surface area contributed by atoms with Crippen LogP contribution in [0, 0.1) is 0 Å². The third-order valence-corrected chi connectivity index (χ3v) is 7.65. The summed E-state index contributed by atoms with van der Waals surface area (Å²) >= 11 is 0. The van der Waals surface area contributed by atoms with E-state index in [1.165, 1.54) is 35.5 Å². The largest absolute Gasteiger partial charge is 0.295 e. The molecule has 1 aliphatic heterocycles. The third-order valence-electron chi connectivity index (χ3n) is 4.40. The molecule has 0 unspecified atom stereocenters. The lowest BCUT2D eigenvalue weighted by Crippen LogP contribution is -2.36. The molecule has 2 aromatic carbocycles. The number of ketones is 1. The SMILES string of the molecule is CC(=O)c1ccc(S(=O)(=O)NCCS(=O)(=O)N2CCc3ccccc32)cc1. The van der Waals surface area contributed by atoms with Crippen LogP contribution in [0.4, 0.5) is 5.69 Å². The fourth-order valence-electron chi connectivity index (χ4n) is 2.96. The zero-order valence-corrected chi connectivity index (χ0v) is 16.4. The summed E-state index contributed by atoms with van der Waals surface area (Å²) in [5.41, 5.74) is 2.02. The van der Waals surface area contributed by atoms with Crippen molar-refractivity contribution in [3.05, 3.63) is 59.7 Å². The average Bonchev–Trinajstić information content (AvgIpc) is 3.06. The highest BCUT2D eigenvalue weighted by molar-refractivity contribution is 7.93. The van der Waals surface area contributed by atoms with Crippen molar-refractivity contribution in [2.75, 3.05) is 23.1 Å². The molecule has 0 spiro atoms. The number of rotatable bonds is 7. The third kappa shape index (κ3) is 4.20. The standard InChI is InChI=1S/C18H20N2O5S2/c1-14(21)15-6-8-17(9-7-15)27(24,25)19-11-13-26(22,23)20-12-10-16-4-2-3-5-18(16)20/h2-9,19H,10-13H2,1H3.